The topological polar surface area (TPSA) is 81.7 Å². The zero-order valence-electron chi connectivity index (χ0n) is 9.21. The molecule has 7 heteroatoms. The van der Waals surface area contributed by atoms with Gasteiger partial charge in [0.05, 0.1) is 11.3 Å². The van der Waals surface area contributed by atoms with Crippen molar-refractivity contribution in [1.29, 1.82) is 0 Å². The summed E-state index contributed by atoms with van der Waals surface area (Å²) < 4.78 is 14.4. The van der Waals surface area contributed by atoms with Crippen molar-refractivity contribution in [1.82, 2.24) is 19.9 Å². The maximum Gasteiger partial charge on any atom is 0.188 e. The fourth-order valence-corrected chi connectivity index (χ4v) is 1.57. The lowest BCUT2D eigenvalue weighted by Crippen LogP contribution is -2.10. The maximum absolute atomic E-state index is 12.8. The molecule has 3 rings (SSSR count). The third kappa shape index (κ3) is 1.81. The quantitative estimate of drug-likeness (QED) is 0.711. The number of rotatable bonds is 2. The lowest BCUT2D eigenvalue weighted by molar-refractivity contribution is 0.628. The minimum Gasteiger partial charge on any atom is -0.382 e. The van der Waals surface area contributed by atoms with Crippen LogP contribution in [0.2, 0.25) is 0 Å². The number of aromatic nitrogens is 4. The summed E-state index contributed by atoms with van der Waals surface area (Å²) in [5, 5.41) is 7.53. The van der Waals surface area contributed by atoms with E-state index in [1.165, 1.54) is 12.1 Å². The highest BCUT2D eigenvalue weighted by atomic mass is 19.1. The van der Waals surface area contributed by atoms with Crippen LogP contribution in [0, 0.1) is 5.82 Å². The first-order chi connectivity index (χ1) is 8.72. The van der Waals surface area contributed by atoms with Gasteiger partial charge in [0.1, 0.15) is 12.1 Å². The molecule has 0 saturated heterocycles. The number of nitrogens with zero attached hydrogens (tertiary/aromatic N) is 4. The van der Waals surface area contributed by atoms with E-state index in [1.54, 1.807) is 29.3 Å². The molecule has 0 aliphatic carbocycles. The molecule has 2 aliphatic rings. The van der Waals surface area contributed by atoms with Crippen molar-refractivity contribution in [3.05, 3.63) is 42.6 Å². The third-order valence-electron chi connectivity index (χ3n) is 2.44. The first kappa shape index (κ1) is 10.5. The van der Waals surface area contributed by atoms with E-state index in [2.05, 4.69) is 20.6 Å². The van der Waals surface area contributed by atoms with Crippen molar-refractivity contribution in [3.8, 4) is 11.4 Å². The van der Waals surface area contributed by atoms with Crippen molar-refractivity contribution in [2.45, 2.75) is 0 Å². The minimum atomic E-state index is -0.284. The van der Waals surface area contributed by atoms with E-state index >= 15 is 0 Å². The van der Waals surface area contributed by atoms with Crippen LogP contribution in [0.4, 0.5) is 15.9 Å². The summed E-state index contributed by atoms with van der Waals surface area (Å²) in [7, 11) is 0. The van der Waals surface area contributed by atoms with Gasteiger partial charge in [-0.15, -0.1) is 10.2 Å². The number of nitrogens with one attached hydrogen (secondary N) is 1. The predicted octanol–water partition coefficient (Wildman–Crippen LogP) is 1.37. The molecule has 18 heavy (non-hydrogen) atoms. The average Bonchev–Trinajstić information content (AvgIpc) is 2.74. The minimum absolute atomic E-state index is 0.284. The highest BCUT2D eigenvalue weighted by molar-refractivity contribution is 5.68. The molecule has 0 amide bonds. The van der Waals surface area contributed by atoms with Crippen molar-refractivity contribution < 1.29 is 4.39 Å². The Morgan fingerprint density at radius 3 is 2.72 bits per heavy atom. The molecule has 0 bridgehead atoms. The fraction of sp³-hybridized carbons (Fsp3) is 0. The van der Waals surface area contributed by atoms with Crippen LogP contribution in [0.25, 0.3) is 11.4 Å². The van der Waals surface area contributed by atoms with E-state index < -0.39 is 0 Å². The Bertz CT molecular complexity index is 647. The molecule has 0 saturated carbocycles. The summed E-state index contributed by atoms with van der Waals surface area (Å²) >= 11 is 0. The Kier molecular flexibility index (Phi) is 2.30. The predicted molar refractivity (Wildman–Crippen MR) is 64.3 cm³/mol. The van der Waals surface area contributed by atoms with Gasteiger partial charge in [-0.2, -0.15) is 0 Å². The van der Waals surface area contributed by atoms with Crippen LogP contribution >= 0.6 is 0 Å². The molecule has 3 N–H and O–H groups in total. The lowest BCUT2D eigenvalue weighted by atomic mass is 10.3. The molecule has 0 unspecified atom stereocenters. The zero-order valence-corrected chi connectivity index (χ0v) is 9.21. The molecule has 0 atom stereocenters. The summed E-state index contributed by atoms with van der Waals surface area (Å²) in [5.41, 5.74) is 10.1. The van der Waals surface area contributed by atoms with Crippen LogP contribution in [0.15, 0.2) is 36.8 Å². The van der Waals surface area contributed by atoms with Gasteiger partial charge in [-0.1, -0.05) is 0 Å². The first-order valence-electron chi connectivity index (χ1n) is 5.21. The van der Waals surface area contributed by atoms with Crippen LogP contribution in [-0.4, -0.2) is 19.9 Å². The number of anilines is 2. The zero-order chi connectivity index (χ0) is 12.5. The van der Waals surface area contributed by atoms with Crippen LogP contribution in [0.5, 0.6) is 0 Å². The van der Waals surface area contributed by atoms with Gasteiger partial charge in [0, 0.05) is 6.20 Å². The van der Waals surface area contributed by atoms with Crippen molar-refractivity contribution in [2.75, 3.05) is 11.2 Å². The third-order valence-corrected chi connectivity index (χ3v) is 2.44. The van der Waals surface area contributed by atoms with E-state index in [1.807, 2.05) is 0 Å². The van der Waals surface area contributed by atoms with Crippen molar-refractivity contribution >= 4 is 11.5 Å². The normalized spacial score (nSPS) is 10.7. The van der Waals surface area contributed by atoms with Crippen LogP contribution < -0.4 is 11.2 Å². The monoisotopic (exact) mass is 244 g/mol. The smallest absolute Gasteiger partial charge is 0.188 e. The largest absolute Gasteiger partial charge is 0.382 e. The molecule has 1 aromatic carbocycles. The van der Waals surface area contributed by atoms with Crippen molar-refractivity contribution in [2.24, 2.45) is 0 Å². The number of hydrogen-bond acceptors (Lipinski definition) is 5. The highest BCUT2D eigenvalue weighted by Crippen LogP contribution is 2.21. The Hall–Kier alpha value is -2.70. The van der Waals surface area contributed by atoms with E-state index in [0.717, 1.165) is 5.69 Å². The molecule has 0 fully saturated rings. The van der Waals surface area contributed by atoms with E-state index in [4.69, 9.17) is 5.73 Å². The van der Waals surface area contributed by atoms with Gasteiger partial charge in [-0.25, -0.2) is 9.37 Å². The fourth-order valence-electron chi connectivity index (χ4n) is 1.57. The summed E-state index contributed by atoms with van der Waals surface area (Å²) in [6.45, 7) is 0. The molecule has 90 valence electrons. The Balaban J connectivity index is 1.93. The van der Waals surface area contributed by atoms with Crippen LogP contribution in [0.3, 0.4) is 0 Å². The molecule has 0 aromatic heterocycles. The van der Waals surface area contributed by atoms with Crippen LogP contribution in [0.1, 0.15) is 0 Å². The number of nitrogens with two attached hydrogens (primary N) is 1. The van der Waals surface area contributed by atoms with Gasteiger partial charge < -0.3 is 5.73 Å². The highest BCUT2D eigenvalue weighted by Gasteiger charge is 2.12. The molecule has 1 aromatic rings. The Labute approximate surface area is 102 Å². The standard InChI is InChI=1S/C11H9FN6/c12-7-1-3-8(4-2-7)17-18-5-9-10(13)15-16-11(9)14-6-18/h1-6,17H,(H2,13,15). The number of halogens is 1. The molecule has 2 heterocycles. The molecular weight excluding hydrogens is 235 g/mol. The lowest BCUT2D eigenvalue weighted by Gasteiger charge is -2.10. The van der Waals surface area contributed by atoms with Crippen LogP contribution in [-0.2, 0) is 0 Å². The second-order valence-corrected chi connectivity index (χ2v) is 3.72. The Morgan fingerprint density at radius 2 is 1.94 bits per heavy atom. The molecular formula is C11H9FN6. The summed E-state index contributed by atoms with van der Waals surface area (Å²) in [5.74, 6) is 0.533. The van der Waals surface area contributed by atoms with Gasteiger partial charge in [-0.3, -0.25) is 10.1 Å². The summed E-state index contributed by atoms with van der Waals surface area (Å²) in [6, 6.07) is 5.98. The van der Waals surface area contributed by atoms with Gasteiger partial charge in [0.2, 0.25) is 0 Å². The average molecular weight is 244 g/mol. The van der Waals surface area contributed by atoms with Gasteiger partial charge in [0.25, 0.3) is 0 Å². The molecule has 2 aliphatic heterocycles. The number of fused-ring (bicyclic) bond motifs is 1. The first-order valence-corrected chi connectivity index (χ1v) is 5.21. The summed E-state index contributed by atoms with van der Waals surface area (Å²) in [4.78, 5) is 4.09. The van der Waals surface area contributed by atoms with Gasteiger partial charge in [-0.05, 0) is 24.3 Å². The summed E-state index contributed by atoms with van der Waals surface area (Å²) in [6.07, 6.45) is 3.26. The van der Waals surface area contributed by atoms with E-state index in [0.29, 0.717) is 17.2 Å². The maximum atomic E-state index is 12.8. The second kappa shape index (κ2) is 3.95. The second-order valence-electron chi connectivity index (χ2n) is 3.72. The Morgan fingerprint density at radius 1 is 1.17 bits per heavy atom. The number of hydrogen-bond donors (Lipinski definition) is 2. The van der Waals surface area contributed by atoms with E-state index in [9.17, 15) is 4.39 Å². The van der Waals surface area contributed by atoms with E-state index in [-0.39, 0.29) is 5.82 Å². The van der Waals surface area contributed by atoms with Crippen molar-refractivity contribution in [3.63, 3.8) is 0 Å². The molecule has 6 nitrogen and oxygen atoms in total. The number of nitrogen functional groups attached to an aromatic ring is 1. The van der Waals surface area contributed by atoms with Gasteiger partial charge in [0.15, 0.2) is 11.6 Å². The number of benzene rings is 1. The SMILES string of the molecule is Nc1nnc2ncn(Nc3ccc(F)cc3)cc1-2. The molecule has 0 radical (unpaired) electrons. The molecule has 0 spiro atoms. The van der Waals surface area contributed by atoms with Gasteiger partial charge >= 0.3 is 0 Å².